The van der Waals surface area contributed by atoms with Crippen LogP contribution >= 0.6 is 0 Å². The van der Waals surface area contributed by atoms with Crippen LogP contribution in [0.5, 0.6) is 11.5 Å². The second kappa shape index (κ2) is 11.3. The Morgan fingerprint density at radius 1 is 0.794 bits per heavy atom. The molecule has 1 aliphatic heterocycles. The standard InChI is InChI=1S/C21H24O13/c1-9(22)30-15-16(31-10(2)23)18(32-11(3)24)21(34-17(15)20(27)29-5)33-14-7-12(19(26)28-4)6-13(25)8-14/h6-8,15-18,21,25H,1-5H3/t15-,16-,17-,18+,21+/m0/s1. The molecular weight excluding hydrogens is 460 g/mol. The number of ether oxygens (including phenoxy) is 7. The van der Waals surface area contributed by atoms with Crippen molar-refractivity contribution in [2.24, 2.45) is 0 Å². The van der Waals surface area contributed by atoms with Crippen LogP contribution in [0.3, 0.4) is 0 Å². The van der Waals surface area contributed by atoms with E-state index in [0.717, 1.165) is 47.1 Å². The van der Waals surface area contributed by atoms with Crippen molar-refractivity contribution >= 4 is 29.8 Å². The third kappa shape index (κ3) is 6.57. The molecule has 1 N–H and O–H groups in total. The summed E-state index contributed by atoms with van der Waals surface area (Å²) in [5.74, 6) is -4.88. The topological polar surface area (TPSA) is 170 Å². The highest BCUT2D eigenvalue weighted by molar-refractivity contribution is 5.90. The zero-order valence-corrected chi connectivity index (χ0v) is 19.0. The maximum atomic E-state index is 12.4. The number of carbonyl (C=O) groups is 5. The first-order chi connectivity index (χ1) is 16.0. The number of esters is 5. The molecular formula is C21H24O13. The molecule has 0 unspecified atom stereocenters. The van der Waals surface area contributed by atoms with Gasteiger partial charge in [-0.15, -0.1) is 0 Å². The molecule has 34 heavy (non-hydrogen) atoms. The Morgan fingerprint density at radius 2 is 1.35 bits per heavy atom. The highest BCUT2D eigenvalue weighted by atomic mass is 16.7. The highest BCUT2D eigenvalue weighted by Crippen LogP contribution is 2.32. The fourth-order valence-corrected chi connectivity index (χ4v) is 3.20. The molecule has 1 heterocycles. The Kier molecular flexibility index (Phi) is 8.78. The van der Waals surface area contributed by atoms with Crippen LogP contribution in [-0.4, -0.2) is 79.9 Å². The zero-order chi connectivity index (χ0) is 25.6. The van der Waals surface area contributed by atoms with E-state index in [1.807, 2.05) is 0 Å². The molecule has 0 bridgehead atoms. The molecule has 1 fully saturated rings. The Hall–Kier alpha value is -3.87. The van der Waals surface area contributed by atoms with E-state index in [0.29, 0.717) is 0 Å². The number of carbonyl (C=O) groups excluding carboxylic acids is 5. The lowest BCUT2D eigenvalue weighted by molar-refractivity contribution is -0.282. The van der Waals surface area contributed by atoms with Crippen molar-refractivity contribution in [2.45, 2.75) is 51.5 Å². The highest BCUT2D eigenvalue weighted by Gasteiger charge is 2.55. The van der Waals surface area contributed by atoms with Crippen LogP contribution in [0, 0.1) is 0 Å². The van der Waals surface area contributed by atoms with Crippen molar-refractivity contribution in [2.75, 3.05) is 14.2 Å². The average molecular weight is 484 g/mol. The molecule has 1 saturated heterocycles. The minimum Gasteiger partial charge on any atom is -0.508 e. The molecule has 0 aliphatic carbocycles. The van der Waals surface area contributed by atoms with E-state index in [9.17, 15) is 29.1 Å². The summed E-state index contributed by atoms with van der Waals surface area (Å²) in [6.07, 6.45) is -7.96. The van der Waals surface area contributed by atoms with Crippen molar-refractivity contribution in [3.8, 4) is 11.5 Å². The summed E-state index contributed by atoms with van der Waals surface area (Å²) in [5.41, 5.74) is -0.0869. The van der Waals surface area contributed by atoms with Crippen molar-refractivity contribution in [1.82, 2.24) is 0 Å². The lowest BCUT2D eigenvalue weighted by Crippen LogP contribution is -2.64. The Labute approximate surface area is 193 Å². The molecule has 13 heteroatoms. The first-order valence-corrected chi connectivity index (χ1v) is 9.80. The quantitative estimate of drug-likeness (QED) is 0.413. The summed E-state index contributed by atoms with van der Waals surface area (Å²) in [5, 5.41) is 9.95. The normalized spacial score (nSPS) is 23.7. The first kappa shape index (κ1) is 26.4. The number of phenols is 1. The molecule has 2 rings (SSSR count). The molecule has 1 aliphatic rings. The first-order valence-electron chi connectivity index (χ1n) is 9.80. The number of methoxy groups -OCH3 is 2. The maximum Gasteiger partial charge on any atom is 0.339 e. The van der Waals surface area contributed by atoms with Gasteiger partial charge in [0.2, 0.25) is 12.4 Å². The van der Waals surface area contributed by atoms with Gasteiger partial charge >= 0.3 is 29.8 Å². The third-order valence-electron chi connectivity index (χ3n) is 4.40. The number of aromatic hydroxyl groups is 1. The number of benzene rings is 1. The Bertz CT molecular complexity index is 956. The summed E-state index contributed by atoms with van der Waals surface area (Å²) in [6.45, 7) is 3.15. The van der Waals surface area contributed by atoms with Crippen LogP contribution in [-0.2, 0) is 47.6 Å². The monoisotopic (exact) mass is 484 g/mol. The molecule has 0 saturated carbocycles. The Balaban J connectivity index is 2.55. The van der Waals surface area contributed by atoms with Crippen molar-refractivity contribution in [3.63, 3.8) is 0 Å². The summed E-state index contributed by atoms with van der Waals surface area (Å²) >= 11 is 0. The van der Waals surface area contributed by atoms with Gasteiger partial charge in [-0.2, -0.15) is 0 Å². The molecule has 186 valence electrons. The van der Waals surface area contributed by atoms with E-state index in [4.69, 9.17) is 28.4 Å². The van der Waals surface area contributed by atoms with Crippen LogP contribution < -0.4 is 4.74 Å². The minimum atomic E-state index is -1.66. The number of hydrogen-bond acceptors (Lipinski definition) is 13. The molecule has 0 spiro atoms. The van der Waals surface area contributed by atoms with Gasteiger partial charge < -0.3 is 38.3 Å². The van der Waals surface area contributed by atoms with E-state index >= 15 is 0 Å². The summed E-state index contributed by atoms with van der Waals surface area (Å²) < 4.78 is 36.2. The van der Waals surface area contributed by atoms with E-state index in [1.165, 1.54) is 6.07 Å². The number of rotatable bonds is 7. The SMILES string of the molecule is COC(=O)c1cc(O)cc(O[C@@H]2O[C@H](C(=O)OC)[C@@H](OC(C)=O)[C@H](OC(C)=O)[C@H]2OC(C)=O)c1. The predicted molar refractivity (Wildman–Crippen MR) is 107 cm³/mol. The lowest BCUT2D eigenvalue weighted by Gasteiger charge is -2.43. The van der Waals surface area contributed by atoms with Gasteiger partial charge in [0.15, 0.2) is 18.3 Å². The van der Waals surface area contributed by atoms with Crippen LogP contribution in [0.15, 0.2) is 18.2 Å². The molecule has 0 aromatic heterocycles. The fraction of sp³-hybridized carbons (Fsp3) is 0.476. The number of hydrogen-bond donors (Lipinski definition) is 1. The van der Waals surface area contributed by atoms with Gasteiger partial charge in [0, 0.05) is 26.8 Å². The zero-order valence-electron chi connectivity index (χ0n) is 19.0. The third-order valence-corrected chi connectivity index (χ3v) is 4.40. The lowest BCUT2D eigenvalue weighted by atomic mass is 9.97. The predicted octanol–water partition coefficient (Wildman–Crippen LogP) is 0.251. The molecule has 5 atom stereocenters. The van der Waals surface area contributed by atoms with Gasteiger partial charge in [0.25, 0.3) is 0 Å². The smallest absolute Gasteiger partial charge is 0.339 e. The van der Waals surface area contributed by atoms with Crippen LogP contribution in [0.25, 0.3) is 0 Å². The maximum absolute atomic E-state index is 12.4. The van der Waals surface area contributed by atoms with Gasteiger partial charge in [0.05, 0.1) is 19.8 Å². The van der Waals surface area contributed by atoms with Gasteiger partial charge in [-0.3, -0.25) is 14.4 Å². The summed E-state index contributed by atoms with van der Waals surface area (Å²) in [6, 6.07) is 3.40. The van der Waals surface area contributed by atoms with E-state index in [2.05, 4.69) is 4.74 Å². The largest absolute Gasteiger partial charge is 0.508 e. The van der Waals surface area contributed by atoms with Crippen molar-refractivity contribution < 1.29 is 62.2 Å². The van der Waals surface area contributed by atoms with Gasteiger partial charge in [-0.1, -0.05) is 0 Å². The second-order valence-electron chi connectivity index (χ2n) is 7.00. The molecule has 1 aromatic rings. The number of phenolic OH excluding ortho intramolecular Hbond substituents is 1. The molecule has 13 nitrogen and oxygen atoms in total. The van der Waals surface area contributed by atoms with E-state index in [1.54, 1.807) is 0 Å². The average Bonchev–Trinajstić information content (AvgIpc) is 2.75. The van der Waals surface area contributed by atoms with Crippen LogP contribution in [0.4, 0.5) is 0 Å². The summed E-state index contributed by atoms with van der Waals surface area (Å²) in [4.78, 5) is 59.6. The Morgan fingerprint density at radius 3 is 1.88 bits per heavy atom. The second-order valence-corrected chi connectivity index (χ2v) is 7.00. The van der Waals surface area contributed by atoms with Gasteiger partial charge in [-0.05, 0) is 12.1 Å². The van der Waals surface area contributed by atoms with E-state index < -0.39 is 60.6 Å². The molecule has 1 aromatic carbocycles. The summed E-state index contributed by atoms with van der Waals surface area (Å²) in [7, 11) is 2.18. The minimum absolute atomic E-state index is 0.0869. The van der Waals surface area contributed by atoms with Crippen LogP contribution in [0.2, 0.25) is 0 Å². The molecule has 0 radical (unpaired) electrons. The van der Waals surface area contributed by atoms with Gasteiger partial charge in [0.1, 0.15) is 11.5 Å². The van der Waals surface area contributed by atoms with Gasteiger partial charge in [-0.25, -0.2) is 9.59 Å². The van der Waals surface area contributed by atoms with E-state index in [-0.39, 0.29) is 17.1 Å². The fourth-order valence-electron chi connectivity index (χ4n) is 3.20. The van der Waals surface area contributed by atoms with Crippen molar-refractivity contribution in [3.05, 3.63) is 23.8 Å². The molecule has 0 amide bonds. The van der Waals surface area contributed by atoms with Crippen LogP contribution in [0.1, 0.15) is 31.1 Å². The van der Waals surface area contributed by atoms with Crippen molar-refractivity contribution in [1.29, 1.82) is 0 Å².